The lowest BCUT2D eigenvalue weighted by Crippen LogP contribution is -2.42. The molecule has 1 N–H and O–H groups in total. The molecular weight excluding hydrogens is 190 g/mol. The predicted octanol–water partition coefficient (Wildman–Crippen LogP) is 3.07. The molecule has 1 rings (SSSR count). The van der Waals surface area contributed by atoms with E-state index in [0.29, 0.717) is 12.8 Å². The van der Waals surface area contributed by atoms with Crippen LogP contribution in [-0.2, 0) is 4.79 Å². The third kappa shape index (κ3) is 2.22. The molecule has 0 radical (unpaired) electrons. The Morgan fingerprint density at radius 3 is 2.29 bits per heavy atom. The van der Waals surface area contributed by atoms with Crippen LogP contribution in [0.25, 0.3) is 0 Å². The Balaban J connectivity index is 2.72. The highest BCUT2D eigenvalue weighted by Crippen LogP contribution is 2.49. The van der Waals surface area contributed by atoms with Gasteiger partial charge in [-0.05, 0) is 12.8 Å². The quantitative estimate of drug-likeness (QED) is 0.770. The molecule has 0 aromatic heterocycles. The number of carbonyl (C=O) groups is 1. The summed E-state index contributed by atoms with van der Waals surface area (Å²) in [7, 11) is 0. The SMILES string of the molecule is CC1(C(F)(F)CC(=O)O)CCCCC1. The van der Waals surface area contributed by atoms with E-state index in [1.807, 2.05) is 0 Å². The van der Waals surface area contributed by atoms with Gasteiger partial charge in [-0.25, -0.2) is 8.78 Å². The average Bonchev–Trinajstić information content (AvgIpc) is 2.02. The Labute approximate surface area is 82.3 Å². The average molecular weight is 206 g/mol. The van der Waals surface area contributed by atoms with Crippen molar-refractivity contribution in [1.82, 2.24) is 0 Å². The van der Waals surface area contributed by atoms with Crippen molar-refractivity contribution in [3.63, 3.8) is 0 Å². The molecule has 82 valence electrons. The van der Waals surface area contributed by atoms with Crippen molar-refractivity contribution in [3.05, 3.63) is 0 Å². The fourth-order valence-corrected chi connectivity index (χ4v) is 2.10. The number of carboxylic acids is 1. The van der Waals surface area contributed by atoms with Crippen LogP contribution in [-0.4, -0.2) is 17.0 Å². The normalized spacial score (nSPS) is 21.9. The van der Waals surface area contributed by atoms with Crippen molar-refractivity contribution < 1.29 is 18.7 Å². The van der Waals surface area contributed by atoms with Gasteiger partial charge in [0.2, 0.25) is 0 Å². The summed E-state index contributed by atoms with van der Waals surface area (Å²) in [6, 6.07) is 0. The van der Waals surface area contributed by atoms with Gasteiger partial charge in [0, 0.05) is 5.41 Å². The van der Waals surface area contributed by atoms with Crippen LogP contribution in [0.3, 0.4) is 0 Å². The van der Waals surface area contributed by atoms with E-state index in [2.05, 4.69) is 0 Å². The lowest BCUT2D eigenvalue weighted by Gasteiger charge is -2.39. The maximum absolute atomic E-state index is 13.6. The Morgan fingerprint density at radius 1 is 1.36 bits per heavy atom. The van der Waals surface area contributed by atoms with E-state index in [0.717, 1.165) is 19.3 Å². The second kappa shape index (κ2) is 3.83. The molecule has 0 aromatic rings. The Kier molecular flexibility index (Phi) is 3.12. The molecule has 2 nitrogen and oxygen atoms in total. The predicted molar refractivity (Wildman–Crippen MR) is 48.4 cm³/mol. The standard InChI is InChI=1S/C10H16F2O2/c1-9(5-3-2-4-6-9)10(11,12)7-8(13)14/h2-7H2,1H3,(H,13,14). The smallest absolute Gasteiger partial charge is 0.309 e. The maximum Gasteiger partial charge on any atom is 0.309 e. The lowest BCUT2D eigenvalue weighted by atomic mass is 9.70. The first-order valence-electron chi connectivity index (χ1n) is 4.97. The highest BCUT2D eigenvalue weighted by molar-refractivity contribution is 5.68. The second-order valence-corrected chi connectivity index (χ2v) is 4.40. The summed E-state index contributed by atoms with van der Waals surface area (Å²) in [6.45, 7) is 1.51. The third-order valence-corrected chi connectivity index (χ3v) is 3.21. The van der Waals surface area contributed by atoms with Gasteiger partial charge in [0.05, 0.1) is 0 Å². The molecule has 1 aliphatic rings. The van der Waals surface area contributed by atoms with Gasteiger partial charge < -0.3 is 5.11 Å². The summed E-state index contributed by atoms with van der Waals surface area (Å²) in [6.07, 6.45) is 2.39. The zero-order chi connectivity index (χ0) is 10.8. The number of aliphatic carboxylic acids is 1. The van der Waals surface area contributed by atoms with Crippen molar-refractivity contribution >= 4 is 5.97 Å². The van der Waals surface area contributed by atoms with Crippen molar-refractivity contribution in [1.29, 1.82) is 0 Å². The minimum absolute atomic E-state index is 0.438. The van der Waals surface area contributed by atoms with Crippen LogP contribution in [0.1, 0.15) is 45.4 Å². The van der Waals surface area contributed by atoms with Crippen LogP contribution in [0.15, 0.2) is 0 Å². The number of alkyl halides is 2. The number of halogens is 2. The van der Waals surface area contributed by atoms with Gasteiger partial charge in [-0.2, -0.15) is 0 Å². The largest absolute Gasteiger partial charge is 0.481 e. The summed E-state index contributed by atoms with van der Waals surface area (Å²) >= 11 is 0. The molecule has 1 aliphatic carbocycles. The molecule has 0 aliphatic heterocycles. The van der Waals surface area contributed by atoms with Crippen LogP contribution in [0.2, 0.25) is 0 Å². The highest BCUT2D eigenvalue weighted by atomic mass is 19.3. The van der Waals surface area contributed by atoms with Crippen molar-refractivity contribution in [2.75, 3.05) is 0 Å². The molecule has 0 spiro atoms. The Hall–Kier alpha value is -0.670. The zero-order valence-corrected chi connectivity index (χ0v) is 8.35. The fraction of sp³-hybridized carbons (Fsp3) is 0.900. The molecule has 0 heterocycles. The van der Waals surface area contributed by atoms with Gasteiger partial charge in [-0.15, -0.1) is 0 Å². The van der Waals surface area contributed by atoms with Crippen molar-refractivity contribution in [2.45, 2.75) is 51.4 Å². The first kappa shape index (κ1) is 11.4. The van der Waals surface area contributed by atoms with Gasteiger partial charge in [0.15, 0.2) is 0 Å². The minimum atomic E-state index is -3.07. The van der Waals surface area contributed by atoms with E-state index in [1.54, 1.807) is 0 Å². The molecule has 0 saturated heterocycles. The van der Waals surface area contributed by atoms with E-state index in [1.165, 1.54) is 6.92 Å². The summed E-state index contributed by atoms with van der Waals surface area (Å²) in [5.74, 6) is -4.49. The molecule has 4 heteroatoms. The number of rotatable bonds is 3. The topological polar surface area (TPSA) is 37.3 Å². The Bertz CT molecular complexity index is 220. The summed E-state index contributed by atoms with van der Waals surface area (Å²) in [4.78, 5) is 10.3. The fourth-order valence-electron chi connectivity index (χ4n) is 2.10. The van der Waals surface area contributed by atoms with Crippen LogP contribution in [0.5, 0.6) is 0 Å². The van der Waals surface area contributed by atoms with Crippen LogP contribution < -0.4 is 0 Å². The van der Waals surface area contributed by atoms with E-state index in [9.17, 15) is 13.6 Å². The summed E-state index contributed by atoms with van der Waals surface area (Å²) in [5, 5.41) is 8.41. The monoisotopic (exact) mass is 206 g/mol. The van der Waals surface area contributed by atoms with E-state index in [4.69, 9.17) is 5.11 Å². The summed E-state index contributed by atoms with van der Waals surface area (Å²) < 4.78 is 27.1. The van der Waals surface area contributed by atoms with Gasteiger partial charge in [0.25, 0.3) is 5.92 Å². The van der Waals surface area contributed by atoms with Crippen LogP contribution in [0.4, 0.5) is 8.78 Å². The number of hydrogen-bond acceptors (Lipinski definition) is 1. The highest BCUT2D eigenvalue weighted by Gasteiger charge is 2.51. The molecule has 1 fully saturated rings. The van der Waals surface area contributed by atoms with Gasteiger partial charge in [-0.1, -0.05) is 26.2 Å². The molecule has 0 aromatic carbocycles. The maximum atomic E-state index is 13.6. The molecule has 0 bridgehead atoms. The first-order valence-corrected chi connectivity index (χ1v) is 4.97. The molecule has 0 amide bonds. The zero-order valence-electron chi connectivity index (χ0n) is 8.35. The van der Waals surface area contributed by atoms with Crippen LogP contribution >= 0.6 is 0 Å². The molecule has 0 unspecified atom stereocenters. The second-order valence-electron chi connectivity index (χ2n) is 4.40. The van der Waals surface area contributed by atoms with Crippen LogP contribution in [0, 0.1) is 5.41 Å². The van der Waals surface area contributed by atoms with E-state index in [-0.39, 0.29) is 0 Å². The summed E-state index contributed by atoms with van der Waals surface area (Å²) in [5.41, 5.74) is -1.11. The third-order valence-electron chi connectivity index (χ3n) is 3.21. The van der Waals surface area contributed by atoms with Crippen molar-refractivity contribution in [3.8, 4) is 0 Å². The number of hydrogen-bond donors (Lipinski definition) is 1. The van der Waals surface area contributed by atoms with Gasteiger partial charge in [0.1, 0.15) is 6.42 Å². The molecule has 14 heavy (non-hydrogen) atoms. The number of carboxylic acid groups (broad SMARTS) is 1. The van der Waals surface area contributed by atoms with E-state index < -0.39 is 23.7 Å². The molecule has 1 saturated carbocycles. The van der Waals surface area contributed by atoms with Gasteiger partial charge in [-0.3, -0.25) is 4.79 Å². The van der Waals surface area contributed by atoms with E-state index >= 15 is 0 Å². The molecular formula is C10H16F2O2. The van der Waals surface area contributed by atoms with Crippen molar-refractivity contribution in [2.24, 2.45) is 5.41 Å². The molecule has 0 atom stereocenters. The Morgan fingerprint density at radius 2 is 1.86 bits per heavy atom. The lowest BCUT2D eigenvalue weighted by molar-refractivity contribution is -0.165. The van der Waals surface area contributed by atoms with Gasteiger partial charge >= 0.3 is 5.97 Å². The first-order chi connectivity index (χ1) is 6.37. The minimum Gasteiger partial charge on any atom is -0.481 e.